The first kappa shape index (κ1) is 16.4. The molecule has 5 nitrogen and oxygen atoms in total. The zero-order valence-corrected chi connectivity index (χ0v) is 12.5. The predicted molar refractivity (Wildman–Crippen MR) is 58.4 cm³/mol. The largest absolute Gasteiger partial charge is 1.00 e. The minimum absolute atomic E-state index is 0. The van der Waals surface area contributed by atoms with Crippen molar-refractivity contribution in [3.63, 3.8) is 0 Å². The van der Waals surface area contributed by atoms with Crippen molar-refractivity contribution in [2.45, 2.75) is 26.7 Å². The molecule has 2 N–H and O–H groups in total. The Hall–Kier alpha value is -0.650. The first-order valence-corrected chi connectivity index (χ1v) is 5.20. The molecule has 0 aromatic heterocycles. The van der Waals surface area contributed by atoms with E-state index in [0.29, 0.717) is 6.42 Å². The van der Waals surface area contributed by atoms with E-state index in [1.54, 1.807) is 0 Å². The molecule has 1 aliphatic heterocycles. The van der Waals surface area contributed by atoms with E-state index in [1.807, 2.05) is 13.8 Å². The number of urea groups is 1. The summed E-state index contributed by atoms with van der Waals surface area (Å²) < 4.78 is 0. The van der Waals surface area contributed by atoms with Gasteiger partial charge < -0.3 is 0 Å². The molecule has 0 aromatic carbocycles. The number of hydrogen-bond donors (Lipinski definition) is 2. The number of carbonyl (C=O) groups excluding carboxylic acids is 3. The van der Waals surface area contributed by atoms with Crippen LogP contribution in [0.2, 0.25) is 0 Å². The monoisotopic (exact) mass is 247 g/mol. The van der Waals surface area contributed by atoms with Crippen LogP contribution in [-0.4, -0.2) is 17.8 Å². The molecular formula is C11H16N2NaO3+. The maximum atomic E-state index is 11.8. The second kappa shape index (κ2) is 6.33. The van der Waals surface area contributed by atoms with Gasteiger partial charge in [0.2, 0.25) is 11.8 Å². The Bertz CT molecular complexity index is 333. The molecule has 0 saturated carbocycles. The third-order valence-electron chi connectivity index (χ3n) is 2.57. The van der Waals surface area contributed by atoms with Gasteiger partial charge in [0.15, 0.2) is 0 Å². The Morgan fingerprint density at radius 3 is 2.06 bits per heavy atom. The molecule has 0 unspecified atom stereocenters. The maximum absolute atomic E-state index is 11.8. The third-order valence-corrected chi connectivity index (χ3v) is 2.57. The number of barbiturate groups is 1. The fourth-order valence-electron chi connectivity index (χ4n) is 1.98. The van der Waals surface area contributed by atoms with Crippen molar-refractivity contribution in [2.75, 3.05) is 0 Å². The van der Waals surface area contributed by atoms with Crippen molar-refractivity contribution < 1.29 is 43.9 Å². The first-order valence-electron chi connectivity index (χ1n) is 5.20. The number of imide groups is 2. The molecule has 0 atom stereocenters. The van der Waals surface area contributed by atoms with Crippen LogP contribution in [0.25, 0.3) is 0 Å². The van der Waals surface area contributed by atoms with Crippen LogP contribution in [0, 0.1) is 11.3 Å². The van der Waals surface area contributed by atoms with E-state index in [4.69, 9.17) is 0 Å². The zero-order chi connectivity index (χ0) is 12.3. The Morgan fingerprint density at radius 1 is 1.24 bits per heavy atom. The van der Waals surface area contributed by atoms with Crippen molar-refractivity contribution in [1.29, 1.82) is 0 Å². The van der Waals surface area contributed by atoms with Gasteiger partial charge >= 0.3 is 35.6 Å². The van der Waals surface area contributed by atoms with Crippen LogP contribution in [0.5, 0.6) is 0 Å². The van der Waals surface area contributed by atoms with Gasteiger partial charge in [-0.25, -0.2) is 4.79 Å². The molecule has 0 aliphatic carbocycles. The second-order valence-electron chi connectivity index (χ2n) is 4.41. The van der Waals surface area contributed by atoms with E-state index in [2.05, 4.69) is 17.2 Å². The SMILES string of the molecule is C=CCC1(CC(C)C)C(=O)NC(=O)NC1=O.[Na+]. The molecule has 6 heteroatoms. The van der Waals surface area contributed by atoms with E-state index in [1.165, 1.54) is 6.08 Å². The van der Waals surface area contributed by atoms with Crippen LogP contribution in [0.15, 0.2) is 12.7 Å². The standard InChI is InChI=1S/C11H16N2O3.Na/c1-4-5-11(6-7(2)3)8(14)12-10(16)13-9(11)15;/h4,7H,1,5-6H2,2-3H3,(H2,12,13,14,15,16);/q;+1. The molecule has 1 rings (SSSR count). The van der Waals surface area contributed by atoms with Gasteiger partial charge in [0.1, 0.15) is 5.41 Å². The van der Waals surface area contributed by atoms with Crippen LogP contribution in [0.4, 0.5) is 4.79 Å². The second-order valence-corrected chi connectivity index (χ2v) is 4.41. The van der Waals surface area contributed by atoms with Gasteiger partial charge in [-0.15, -0.1) is 6.58 Å². The predicted octanol–water partition coefficient (Wildman–Crippen LogP) is -2.03. The normalized spacial score (nSPS) is 18.2. The van der Waals surface area contributed by atoms with Crippen molar-refractivity contribution in [1.82, 2.24) is 10.6 Å². The number of rotatable bonds is 4. The molecule has 0 radical (unpaired) electrons. The minimum Gasteiger partial charge on any atom is -0.277 e. The van der Waals surface area contributed by atoms with E-state index in [-0.39, 0.29) is 41.9 Å². The Kier molecular flexibility index (Phi) is 6.09. The molecule has 1 saturated heterocycles. The summed E-state index contributed by atoms with van der Waals surface area (Å²) in [5, 5.41) is 4.27. The number of allylic oxidation sites excluding steroid dienone is 1. The van der Waals surface area contributed by atoms with Crippen LogP contribution in [0.1, 0.15) is 26.7 Å². The smallest absolute Gasteiger partial charge is 0.277 e. The van der Waals surface area contributed by atoms with Gasteiger partial charge in [0.25, 0.3) is 0 Å². The van der Waals surface area contributed by atoms with Gasteiger partial charge in [0.05, 0.1) is 0 Å². The molecule has 0 aromatic rings. The van der Waals surface area contributed by atoms with Crippen LogP contribution in [0.3, 0.4) is 0 Å². The van der Waals surface area contributed by atoms with Crippen molar-refractivity contribution in [2.24, 2.45) is 11.3 Å². The van der Waals surface area contributed by atoms with E-state index < -0.39 is 23.3 Å². The topological polar surface area (TPSA) is 75.3 Å². The molecule has 4 amide bonds. The first-order chi connectivity index (χ1) is 7.42. The van der Waals surface area contributed by atoms with Gasteiger partial charge in [-0.1, -0.05) is 19.9 Å². The summed E-state index contributed by atoms with van der Waals surface area (Å²) in [5.41, 5.74) is -1.19. The molecule has 0 bridgehead atoms. The molecule has 1 aliphatic rings. The van der Waals surface area contributed by atoms with Gasteiger partial charge in [-0.2, -0.15) is 0 Å². The summed E-state index contributed by atoms with van der Waals surface area (Å²) in [4.78, 5) is 34.6. The fourth-order valence-corrected chi connectivity index (χ4v) is 1.98. The molecule has 1 heterocycles. The number of hydrogen-bond acceptors (Lipinski definition) is 3. The summed E-state index contributed by atoms with van der Waals surface area (Å²) in [6, 6.07) is -0.751. The minimum atomic E-state index is -1.19. The van der Waals surface area contributed by atoms with Crippen LogP contribution in [-0.2, 0) is 9.59 Å². The Balaban J connectivity index is 0.00000256. The van der Waals surface area contributed by atoms with Crippen LogP contribution < -0.4 is 40.2 Å². The number of carbonyl (C=O) groups is 3. The molecule has 0 spiro atoms. The Labute approximate surface area is 123 Å². The average Bonchev–Trinajstić information content (AvgIpc) is 2.13. The van der Waals surface area contributed by atoms with Gasteiger partial charge in [0, 0.05) is 0 Å². The van der Waals surface area contributed by atoms with Gasteiger partial charge in [-0.05, 0) is 18.8 Å². The van der Waals surface area contributed by atoms with Crippen molar-refractivity contribution in [3.05, 3.63) is 12.7 Å². The molecule has 1 fully saturated rings. The maximum Gasteiger partial charge on any atom is 1.00 e. The third kappa shape index (κ3) is 3.40. The summed E-state index contributed by atoms with van der Waals surface area (Å²) >= 11 is 0. The summed E-state index contributed by atoms with van der Waals surface area (Å²) in [7, 11) is 0. The number of amides is 4. The summed E-state index contributed by atoms with van der Waals surface area (Å²) in [6.07, 6.45) is 2.15. The number of nitrogens with one attached hydrogen (secondary N) is 2. The molecular weight excluding hydrogens is 231 g/mol. The van der Waals surface area contributed by atoms with Crippen LogP contribution >= 0.6 is 0 Å². The molecule has 88 valence electrons. The Morgan fingerprint density at radius 2 is 1.71 bits per heavy atom. The van der Waals surface area contributed by atoms with E-state index >= 15 is 0 Å². The zero-order valence-electron chi connectivity index (χ0n) is 10.5. The fraction of sp³-hybridized carbons (Fsp3) is 0.545. The van der Waals surface area contributed by atoms with Crippen molar-refractivity contribution >= 4 is 17.8 Å². The summed E-state index contributed by atoms with van der Waals surface area (Å²) in [6.45, 7) is 7.39. The molecule has 17 heavy (non-hydrogen) atoms. The van der Waals surface area contributed by atoms with E-state index in [0.717, 1.165) is 0 Å². The quantitative estimate of drug-likeness (QED) is 0.341. The van der Waals surface area contributed by atoms with Gasteiger partial charge in [-0.3, -0.25) is 20.2 Å². The average molecular weight is 247 g/mol. The van der Waals surface area contributed by atoms with E-state index in [9.17, 15) is 14.4 Å². The van der Waals surface area contributed by atoms with Crippen molar-refractivity contribution in [3.8, 4) is 0 Å². The summed E-state index contributed by atoms with van der Waals surface area (Å²) in [5.74, 6) is -0.894.